The number of benzene rings is 1. The summed E-state index contributed by atoms with van der Waals surface area (Å²) in [6, 6.07) is 6.60. The summed E-state index contributed by atoms with van der Waals surface area (Å²) < 4.78 is 0. The van der Waals surface area contributed by atoms with E-state index in [0.29, 0.717) is 32.5 Å². The van der Waals surface area contributed by atoms with Gasteiger partial charge in [-0.1, -0.05) is 25.5 Å². The van der Waals surface area contributed by atoms with Crippen LogP contribution in [-0.2, 0) is 16.0 Å². The van der Waals surface area contributed by atoms with E-state index in [1.54, 1.807) is 29.2 Å². The lowest BCUT2D eigenvalue weighted by atomic mass is 9.96. The Morgan fingerprint density at radius 2 is 1.96 bits per heavy atom. The van der Waals surface area contributed by atoms with Crippen molar-refractivity contribution in [3.63, 3.8) is 0 Å². The number of carboxylic acids is 1. The van der Waals surface area contributed by atoms with Crippen molar-refractivity contribution in [2.75, 3.05) is 19.6 Å². The van der Waals surface area contributed by atoms with E-state index in [0.717, 1.165) is 31.2 Å². The van der Waals surface area contributed by atoms with Gasteiger partial charge >= 0.3 is 5.97 Å². The summed E-state index contributed by atoms with van der Waals surface area (Å²) in [7, 11) is 0. The average Bonchev–Trinajstić information content (AvgIpc) is 2.66. The van der Waals surface area contributed by atoms with Crippen LogP contribution in [0.2, 0.25) is 0 Å². The Morgan fingerprint density at radius 3 is 2.62 bits per heavy atom. The van der Waals surface area contributed by atoms with Crippen LogP contribution in [-0.4, -0.2) is 47.4 Å². The highest BCUT2D eigenvalue weighted by Gasteiger charge is 2.27. The zero-order valence-corrected chi connectivity index (χ0v) is 15.4. The van der Waals surface area contributed by atoms with E-state index < -0.39 is 5.97 Å². The molecular weight excluding hydrogens is 332 g/mol. The maximum Gasteiger partial charge on any atom is 0.335 e. The van der Waals surface area contributed by atoms with Crippen molar-refractivity contribution in [1.29, 1.82) is 0 Å². The number of carbonyl (C=O) groups is 3. The molecule has 0 aromatic heterocycles. The number of nitrogens with one attached hydrogen (secondary N) is 1. The number of piperidine rings is 1. The van der Waals surface area contributed by atoms with E-state index in [4.69, 9.17) is 5.11 Å². The number of nitrogens with zero attached hydrogens (tertiary/aromatic N) is 1. The molecule has 2 N–H and O–H groups in total. The lowest BCUT2D eigenvalue weighted by molar-refractivity contribution is -0.135. The summed E-state index contributed by atoms with van der Waals surface area (Å²) in [6.07, 6.45) is 4.65. The van der Waals surface area contributed by atoms with Crippen molar-refractivity contribution in [3.8, 4) is 0 Å². The van der Waals surface area contributed by atoms with E-state index in [1.165, 1.54) is 0 Å². The molecule has 1 atom stereocenters. The molecule has 1 heterocycles. The number of likely N-dealkylation sites (tertiary alicyclic amines) is 1. The molecular formula is C20H28N2O4. The number of amides is 2. The van der Waals surface area contributed by atoms with Crippen LogP contribution in [0.4, 0.5) is 0 Å². The fraction of sp³-hybridized carbons (Fsp3) is 0.550. The van der Waals surface area contributed by atoms with Gasteiger partial charge < -0.3 is 15.3 Å². The molecule has 0 saturated carbocycles. The molecule has 1 fully saturated rings. The number of aromatic carboxylic acids is 1. The van der Waals surface area contributed by atoms with Crippen molar-refractivity contribution >= 4 is 17.8 Å². The molecule has 1 aromatic carbocycles. The minimum atomic E-state index is -0.954. The number of carbonyl (C=O) groups excluding carboxylic acids is 2. The second-order valence-electron chi connectivity index (χ2n) is 6.83. The number of carboxylic acid groups (broad SMARTS) is 1. The van der Waals surface area contributed by atoms with E-state index in [2.05, 4.69) is 12.2 Å². The highest BCUT2D eigenvalue weighted by atomic mass is 16.4. The van der Waals surface area contributed by atoms with Crippen LogP contribution in [0.1, 0.15) is 54.9 Å². The fourth-order valence-corrected chi connectivity index (χ4v) is 3.17. The third kappa shape index (κ3) is 5.86. The SMILES string of the molecule is CCCCNC(=O)C1CCCN(C(=O)CCc2ccc(C(=O)O)cc2)C1. The number of hydrogen-bond donors (Lipinski definition) is 2. The van der Waals surface area contributed by atoms with Crippen LogP contribution in [0.3, 0.4) is 0 Å². The summed E-state index contributed by atoms with van der Waals surface area (Å²) >= 11 is 0. The van der Waals surface area contributed by atoms with Crippen molar-refractivity contribution < 1.29 is 19.5 Å². The van der Waals surface area contributed by atoms with Gasteiger partial charge in [-0.05, 0) is 43.4 Å². The van der Waals surface area contributed by atoms with Gasteiger partial charge in [-0.3, -0.25) is 9.59 Å². The quantitative estimate of drug-likeness (QED) is 0.697. The summed E-state index contributed by atoms with van der Waals surface area (Å²) in [5.74, 6) is -0.956. The van der Waals surface area contributed by atoms with Gasteiger partial charge in [0.05, 0.1) is 11.5 Å². The maximum absolute atomic E-state index is 12.5. The molecule has 1 saturated heterocycles. The summed E-state index contributed by atoms with van der Waals surface area (Å²) in [5.41, 5.74) is 1.18. The lowest BCUT2D eigenvalue weighted by Crippen LogP contribution is -2.45. The Bertz CT molecular complexity index is 627. The lowest BCUT2D eigenvalue weighted by Gasteiger charge is -2.32. The second kappa shape index (κ2) is 9.94. The minimum Gasteiger partial charge on any atom is -0.478 e. The Balaban J connectivity index is 1.81. The van der Waals surface area contributed by atoms with Crippen molar-refractivity contribution in [2.45, 2.75) is 45.4 Å². The van der Waals surface area contributed by atoms with E-state index in [9.17, 15) is 14.4 Å². The topological polar surface area (TPSA) is 86.7 Å². The standard InChI is InChI=1S/C20H28N2O4/c1-2-3-12-21-19(24)17-5-4-13-22(14-17)18(23)11-8-15-6-9-16(10-7-15)20(25)26/h6-7,9-10,17H,2-5,8,11-14H2,1H3,(H,21,24)(H,25,26). The van der Waals surface area contributed by atoms with Gasteiger partial charge in [0.1, 0.15) is 0 Å². The van der Waals surface area contributed by atoms with Gasteiger partial charge in [-0.2, -0.15) is 0 Å². The van der Waals surface area contributed by atoms with Crippen molar-refractivity contribution in [1.82, 2.24) is 10.2 Å². The largest absolute Gasteiger partial charge is 0.478 e. The van der Waals surface area contributed by atoms with Crippen LogP contribution in [0.25, 0.3) is 0 Å². The van der Waals surface area contributed by atoms with Crippen molar-refractivity contribution in [3.05, 3.63) is 35.4 Å². The summed E-state index contributed by atoms with van der Waals surface area (Å²) in [5, 5.41) is 11.9. The molecule has 26 heavy (non-hydrogen) atoms. The third-order valence-corrected chi connectivity index (χ3v) is 4.80. The monoisotopic (exact) mass is 360 g/mol. The molecule has 6 nitrogen and oxygen atoms in total. The zero-order valence-electron chi connectivity index (χ0n) is 15.4. The minimum absolute atomic E-state index is 0.0540. The van der Waals surface area contributed by atoms with Gasteiger partial charge in [-0.25, -0.2) is 4.79 Å². The van der Waals surface area contributed by atoms with Gasteiger partial charge in [0.2, 0.25) is 11.8 Å². The molecule has 2 rings (SSSR count). The first-order chi connectivity index (χ1) is 12.5. The molecule has 0 aliphatic carbocycles. The predicted octanol–water partition coefficient (Wildman–Crippen LogP) is 2.47. The fourth-order valence-electron chi connectivity index (χ4n) is 3.17. The first-order valence-corrected chi connectivity index (χ1v) is 9.39. The highest BCUT2D eigenvalue weighted by molar-refractivity contribution is 5.87. The second-order valence-corrected chi connectivity index (χ2v) is 6.83. The van der Waals surface area contributed by atoms with Crippen LogP contribution >= 0.6 is 0 Å². The Kier molecular flexibility index (Phi) is 7.63. The Morgan fingerprint density at radius 1 is 1.23 bits per heavy atom. The van der Waals surface area contributed by atoms with Crippen molar-refractivity contribution in [2.24, 2.45) is 5.92 Å². The number of rotatable bonds is 8. The number of hydrogen-bond acceptors (Lipinski definition) is 3. The van der Waals surface area contributed by atoms with E-state index in [-0.39, 0.29) is 23.3 Å². The zero-order chi connectivity index (χ0) is 18.9. The van der Waals surface area contributed by atoms with Crippen LogP contribution < -0.4 is 5.32 Å². The molecule has 1 aromatic rings. The Hall–Kier alpha value is -2.37. The maximum atomic E-state index is 12.5. The third-order valence-electron chi connectivity index (χ3n) is 4.80. The van der Waals surface area contributed by atoms with E-state index in [1.807, 2.05) is 0 Å². The molecule has 142 valence electrons. The normalized spacial score (nSPS) is 17.0. The van der Waals surface area contributed by atoms with Gasteiger partial charge in [-0.15, -0.1) is 0 Å². The molecule has 2 amide bonds. The number of aryl methyl sites for hydroxylation is 1. The smallest absolute Gasteiger partial charge is 0.335 e. The van der Waals surface area contributed by atoms with Crippen LogP contribution in [0, 0.1) is 5.92 Å². The molecule has 0 bridgehead atoms. The Labute approximate surface area is 154 Å². The molecule has 6 heteroatoms. The molecule has 0 spiro atoms. The summed E-state index contributed by atoms with van der Waals surface area (Å²) in [4.78, 5) is 37.3. The van der Waals surface area contributed by atoms with E-state index >= 15 is 0 Å². The first kappa shape index (κ1) is 19.9. The molecule has 1 aliphatic heterocycles. The van der Waals surface area contributed by atoms with Gasteiger partial charge in [0.15, 0.2) is 0 Å². The van der Waals surface area contributed by atoms with Crippen LogP contribution in [0.15, 0.2) is 24.3 Å². The molecule has 1 aliphatic rings. The highest BCUT2D eigenvalue weighted by Crippen LogP contribution is 2.18. The molecule has 0 radical (unpaired) electrons. The average molecular weight is 360 g/mol. The predicted molar refractivity (Wildman–Crippen MR) is 98.9 cm³/mol. The number of unbranched alkanes of at least 4 members (excludes halogenated alkanes) is 1. The van der Waals surface area contributed by atoms with Crippen LogP contribution in [0.5, 0.6) is 0 Å². The summed E-state index contributed by atoms with van der Waals surface area (Å²) in [6.45, 7) is 3.98. The van der Waals surface area contributed by atoms with Gasteiger partial charge in [0, 0.05) is 26.1 Å². The first-order valence-electron chi connectivity index (χ1n) is 9.39. The molecule has 1 unspecified atom stereocenters. The van der Waals surface area contributed by atoms with Gasteiger partial charge in [0.25, 0.3) is 0 Å².